The van der Waals surface area contributed by atoms with E-state index in [2.05, 4.69) is 11.4 Å². The molecule has 16 heavy (non-hydrogen) atoms. The van der Waals surface area contributed by atoms with Crippen molar-refractivity contribution in [1.29, 1.82) is 5.26 Å². The lowest BCUT2D eigenvalue weighted by Crippen LogP contribution is -2.25. The van der Waals surface area contributed by atoms with Crippen LogP contribution in [0.5, 0.6) is 0 Å². The number of halogens is 1. The Morgan fingerprint density at radius 3 is 2.81 bits per heavy atom. The molecule has 0 heterocycles. The standard InChI is InChI=1S/C13H17FN2/c1-3-13(16-9-10(2)8-15)11-5-4-6-12(14)7-11/h4-7,10,13,16H,3,9H2,1-2H3. The van der Waals surface area contributed by atoms with Gasteiger partial charge >= 0.3 is 0 Å². The number of rotatable bonds is 5. The van der Waals surface area contributed by atoms with Crippen LogP contribution < -0.4 is 5.32 Å². The molecule has 0 bridgehead atoms. The molecule has 1 rings (SSSR count). The van der Waals surface area contributed by atoms with Crippen LogP contribution in [0.1, 0.15) is 31.9 Å². The molecular formula is C13H17FN2. The molecular weight excluding hydrogens is 203 g/mol. The predicted molar refractivity (Wildman–Crippen MR) is 62.2 cm³/mol. The summed E-state index contributed by atoms with van der Waals surface area (Å²) in [7, 11) is 0. The molecule has 2 unspecified atom stereocenters. The number of hydrogen-bond donors (Lipinski definition) is 1. The number of nitrogens with zero attached hydrogens (tertiary/aromatic N) is 1. The van der Waals surface area contributed by atoms with Crippen molar-refractivity contribution in [3.8, 4) is 6.07 Å². The first-order valence-corrected chi connectivity index (χ1v) is 5.55. The first-order valence-electron chi connectivity index (χ1n) is 5.55. The summed E-state index contributed by atoms with van der Waals surface area (Å²) in [6, 6.07) is 8.88. The van der Waals surface area contributed by atoms with Crippen LogP contribution in [0.25, 0.3) is 0 Å². The van der Waals surface area contributed by atoms with Crippen LogP contribution in [0.3, 0.4) is 0 Å². The molecule has 1 aromatic carbocycles. The summed E-state index contributed by atoms with van der Waals surface area (Å²) in [5.41, 5.74) is 0.938. The number of benzene rings is 1. The molecule has 0 aliphatic carbocycles. The van der Waals surface area contributed by atoms with Gasteiger partial charge in [0.1, 0.15) is 5.82 Å². The van der Waals surface area contributed by atoms with Crippen molar-refractivity contribution in [3.63, 3.8) is 0 Å². The Hall–Kier alpha value is -1.40. The van der Waals surface area contributed by atoms with E-state index in [-0.39, 0.29) is 17.8 Å². The Labute approximate surface area is 96.1 Å². The average molecular weight is 220 g/mol. The zero-order chi connectivity index (χ0) is 12.0. The van der Waals surface area contributed by atoms with Gasteiger partial charge in [-0.1, -0.05) is 19.1 Å². The Morgan fingerprint density at radius 1 is 1.50 bits per heavy atom. The maximum Gasteiger partial charge on any atom is 0.123 e. The Kier molecular flexibility index (Phi) is 4.94. The van der Waals surface area contributed by atoms with Gasteiger partial charge in [-0.3, -0.25) is 0 Å². The van der Waals surface area contributed by atoms with Gasteiger partial charge in [-0.25, -0.2) is 4.39 Å². The lowest BCUT2D eigenvalue weighted by molar-refractivity contribution is 0.485. The van der Waals surface area contributed by atoms with E-state index in [1.54, 1.807) is 6.07 Å². The van der Waals surface area contributed by atoms with Crippen LogP contribution in [-0.4, -0.2) is 6.54 Å². The Bertz CT molecular complexity index is 370. The van der Waals surface area contributed by atoms with Crippen molar-refractivity contribution in [2.24, 2.45) is 5.92 Å². The summed E-state index contributed by atoms with van der Waals surface area (Å²) in [4.78, 5) is 0. The van der Waals surface area contributed by atoms with Crippen molar-refractivity contribution >= 4 is 0 Å². The second-order valence-corrected chi connectivity index (χ2v) is 3.95. The highest BCUT2D eigenvalue weighted by molar-refractivity contribution is 5.20. The zero-order valence-electron chi connectivity index (χ0n) is 9.70. The molecule has 2 atom stereocenters. The fourth-order valence-corrected chi connectivity index (χ4v) is 1.59. The molecule has 0 aromatic heterocycles. The fraction of sp³-hybridized carbons (Fsp3) is 0.462. The van der Waals surface area contributed by atoms with Crippen LogP contribution in [-0.2, 0) is 0 Å². The molecule has 0 saturated carbocycles. The van der Waals surface area contributed by atoms with E-state index in [1.807, 2.05) is 19.9 Å². The van der Waals surface area contributed by atoms with Crippen molar-refractivity contribution in [2.75, 3.05) is 6.54 Å². The summed E-state index contributed by atoms with van der Waals surface area (Å²) >= 11 is 0. The fourth-order valence-electron chi connectivity index (χ4n) is 1.59. The monoisotopic (exact) mass is 220 g/mol. The van der Waals surface area contributed by atoms with Gasteiger partial charge in [0.15, 0.2) is 0 Å². The molecule has 0 radical (unpaired) electrons. The molecule has 0 amide bonds. The largest absolute Gasteiger partial charge is 0.309 e. The van der Waals surface area contributed by atoms with Crippen molar-refractivity contribution in [2.45, 2.75) is 26.3 Å². The first-order chi connectivity index (χ1) is 7.67. The van der Waals surface area contributed by atoms with Gasteiger partial charge in [-0.05, 0) is 31.0 Å². The minimum absolute atomic E-state index is 0.0254. The SMILES string of the molecule is CCC(NCC(C)C#N)c1cccc(F)c1. The summed E-state index contributed by atoms with van der Waals surface area (Å²) in [6.07, 6.45) is 0.877. The van der Waals surface area contributed by atoms with Crippen LogP contribution in [0, 0.1) is 23.1 Å². The third-order valence-electron chi connectivity index (χ3n) is 2.55. The maximum atomic E-state index is 13.0. The van der Waals surface area contributed by atoms with Gasteiger partial charge in [0.25, 0.3) is 0 Å². The topological polar surface area (TPSA) is 35.8 Å². The summed E-state index contributed by atoms with van der Waals surface area (Å²) in [6.45, 7) is 4.54. The smallest absolute Gasteiger partial charge is 0.123 e. The van der Waals surface area contributed by atoms with E-state index >= 15 is 0 Å². The second kappa shape index (κ2) is 6.24. The highest BCUT2D eigenvalue weighted by Gasteiger charge is 2.10. The van der Waals surface area contributed by atoms with Gasteiger partial charge < -0.3 is 5.32 Å². The van der Waals surface area contributed by atoms with E-state index in [4.69, 9.17) is 5.26 Å². The molecule has 0 aliphatic rings. The highest BCUT2D eigenvalue weighted by atomic mass is 19.1. The van der Waals surface area contributed by atoms with Crippen LogP contribution in [0.15, 0.2) is 24.3 Å². The maximum absolute atomic E-state index is 13.0. The van der Waals surface area contributed by atoms with Gasteiger partial charge in [0.05, 0.1) is 12.0 Å². The highest BCUT2D eigenvalue weighted by Crippen LogP contribution is 2.17. The van der Waals surface area contributed by atoms with E-state index < -0.39 is 0 Å². The lowest BCUT2D eigenvalue weighted by atomic mass is 10.0. The molecule has 0 aliphatic heterocycles. The first kappa shape index (κ1) is 12.7. The minimum Gasteiger partial charge on any atom is -0.309 e. The van der Waals surface area contributed by atoms with E-state index in [9.17, 15) is 4.39 Å². The third kappa shape index (κ3) is 3.63. The molecule has 2 nitrogen and oxygen atoms in total. The number of hydrogen-bond acceptors (Lipinski definition) is 2. The molecule has 0 saturated heterocycles. The van der Waals surface area contributed by atoms with Gasteiger partial charge in [-0.2, -0.15) is 5.26 Å². The van der Waals surface area contributed by atoms with Crippen molar-refractivity contribution < 1.29 is 4.39 Å². The molecule has 0 spiro atoms. The van der Waals surface area contributed by atoms with Gasteiger partial charge in [0.2, 0.25) is 0 Å². The summed E-state index contributed by atoms with van der Waals surface area (Å²) < 4.78 is 13.0. The number of nitrogens with one attached hydrogen (secondary N) is 1. The molecule has 1 N–H and O–H groups in total. The third-order valence-corrected chi connectivity index (χ3v) is 2.55. The normalized spacial score (nSPS) is 14.1. The van der Waals surface area contributed by atoms with Crippen LogP contribution in [0.4, 0.5) is 4.39 Å². The van der Waals surface area contributed by atoms with E-state index in [0.717, 1.165) is 12.0 Å². The Balaban J connectivity index is 2.64. The molecule has 86 valence electrons. The predicted octanol–water partition coefficient (Wildman–Crippen LogP) is 3.03. The van der Waals surface area contributed by atoms with Crippen LogP contribution in [0.2, 0.25) is 0 Å². The van der Waals surface area contributed by atoms with Crippen molar-refractivity contribution in [3.05, 3.63) is 35.6 Å². The lowest BCUT2D eigenvalue weighted by Gasteiger charge is -2.18. The zero-order valence-corrected chi connectivity index (χ0v) is 9.70. The van der Waals surface area contributed by atoms with Crippen LogP contribution >= 0.6 is 0 Å². The van der Waals surface area contributed by atoms with E-state index in [1.165, 1.54) is 12.1 Å². The number of nitriles is 1. The summed E-state index contributed by atoms with van der Waals surface area (Å²) in [5, 5.41) is 12.0. The minimum atomic E-state index is -0.217. The summed E-state index contributed by atoms with van der Waals surface area (Å²) in [5.74, 6) is -0.242. The molecule has 3 heteroatoms. The van der Waals surface area contributed by atoms with Gasteiger partial charge in [-0.15, -0.1) is 0 Å². The van der Waals surface area contributed by atoms with Gasteiger partial charge in [0, 0.05) is 12.6 Å². The quantitative estimate of drug-likeness (QED) is 0.828. The van der Waals surface area contributed by atoms with E-state index in [0.29, 0.717) is 6.54 Å². The Morgan fingerprint density at radius 2 is 2.25 bits per heavy atom. The molecule has 0 fully saturated rings. The second-order valence-electron chi connectivity index (χ2n) is 3.95. The van der Waals surface area contributed by atoms with Crippen molar-refractivity contribution in [1.82, 2.24) is 5.32 Å². The molecule has 1 aromatic rings. The average Bonchev–Trinajstić information content (AvgIpc) is 2.29.